The number of rotatable bonds is 7. The molecule has 2 saturated carbocycles. The standard InChI is InChI=1S/C35H30BrN3O6S2/c1-16-3-6-18(7-4-16)37-25(40)15-45-24-12-5-17(36)13-21(24)26-27-22-14-23(30(27)46-32-31(26)47-35(43)38-32)29-28(22)33(41)39(34(29)42)19-8-10-20(44-2)11-9-19/h3-13,22-23,26-30H,14-15H2,1-2H3,(H,37,40)(H,38,43)/t22-,23-,26+,27-,28+,29+,30-/m1/s1. The Labute approximate surface area is 287 Å². The summed E-state index contributed by atoms with van der Waals surface area (Å²) in [5.41, 5.74) is 3.18. The summed E-state index contributed by atoms with van der Waals surface area (Å²) in [5, 5.41) is 3.71. The lowest BCUT2D eigenvalue weighted by atomic mass is 9.68. The molecule has 3 amide bonds. The molecular weight excluding hydrogens is 702 g/mol. The third-order valence-corrected chi connectivity index (χ3v) is 13.1. The van der Waals surface area contributed by atoms with Gasteiger partial charge in [-0.1, -0.05) is 45.0 Å². The first kappa shape index (κ1) is 30.5. The number of aromatic nitrogens is 1. The van der Waals surface area contributed by atoms with E-state index in [0.717, 1.165) is 31.9 Å². The number of H-pyrrole nitrogens is 1. The van der Waals surface area contributed by atoms with E-state index in [2.05, 4.69) is 26.2 Å². The van der Waals surface area contributed by atoms with Crippen LogP contribution in [0, 0.1) is 36.5 Å². The highest BCUT2D eigenvalue weighted by Crippen LogP contribution is 2.69. The molecule has 1 aromatic heterocycles. The van der Waals surface area contributed by atoms with E-state index >= 15 is 0 Å². The highest BCUT2D eigenvalue weighted by molar-refractivity contribution is 9.10. The average Bonchev–Trinajstić information content (AvgIpc) is 3.80. The van der Waals surface area contributed by atoms with Crippen molar-refractivity contribution in [3.05, 3.63) is 96.9 Å². The van der Waals surface area contributed by atoms with Crippen LogP contribution in [-0.2, 0) is 14.4 Å². The first-order valence-corrected chi connectivity index (χ1v) is 17.9. The number of benzene rings is 3. The van der Waals surface area contributed by atoms with E-state index in [1.54, 1.807) is 43.1 Å². The molecule has 2 bridgehead atoms. The molecule has 0 radical (unpaired) electrons. The van der Waals surface area contributed by atoms with Gasteiger partial charge < -0.3 is 19.8 Å². The van der Waals surface area contributed by atoms with E-state index in [1.807, 2.05) is 49.4 Å². The molecule has 47 heavy (non-hydrogen) atoms. The molecule has 12 heteroatoms. The van der Waals surface area contributed by atoms with Gasteiger partial charge in [0.25, 0.3) is 5.91 Å². The zero-order valence-electron chi connectivity index (χ0n) is 25.4. The maximum absolute atomic E-state index is 14.1. The number of fused-ring (bicyclic) bond motifs is 9. The Balaban J connectivity index is 1.13. The molecule has 1 saturated heterocycles. The van der Waals surface area contributed by atoms with Crippen LogP contribution in [0.4, 0.5) is 11.4 Å². The Hall–Kier alpha value is -3.87. The number of anilines is 2. The number of aromatic amines is 1. The van der Waals surface area contributed by atoms with Crippen LogP contribution in [0.25, 0.3) is 0 Å². The molecule has 3 aromatic carbocycles. The lowest BCUT2D eigenvalue weighted by Crippen LogP contribution is -2.42. The second kappa shape index (κ2) is 11.7. The van der Waals surface area contributed by atoms with Gasteiger partial charge >= 0.3 is 4.87 Å². The number of nitrogens with zero attached hydrogens (tertiary/aromatic N) is 1. The van der Waals surface area contributed by atoms with Crippen LogP contribution in [0.1, 0.15) is 28.3 Å². The maximum Gasteiger partial charge on any atom is 0.305 e. The van der Waals surface area contributed by atoms with Gasteiger partial charge in [-0.15, -0.1) is 11.8 Å². The number of hydrogen-bond donors (Lipinski definition) is 2. The van der Waals surface area contributed by atoms with E-state index in [9.17, 15) is 19.2 Å². The zero-order valence-corrected chi connectivity index (χ0v) is 28.6. The lowest BCUT2D eigenvalue weighted by Gasteiger charge is -2.43. The Kier molecular flexibility index (Phi) is 7.57. The van der Waals surface area contributed by atoms with Crippen LogP contribution in [0.2, 0.25) is 0 Å². The van der Waals surface area contributed by atoms with Gasteiger partial charge in [-0.05, 0) is 85.7 Å². The van der Waals surface area contributed by atoms with Crippen LogP contribution >= 0.6 is 39.0 Å². The van der Waals surface area contributed by atoms with Crippen molar-refractivity contribution in [3.8, 4) is 11.5 Å². The topological polar surface area (TPSA) is 118 Å². The summed E-state index contributed by atoms with van der Waals surface area (Å²) in [6.07, 6.45) is 0.768. The van der Waals surface area contributed by atoms with E-state index in [-0.39, 0.29) is 58.1 Å². The van der Waals surface area contributed by atoms with Crippen molar-refractivity contribution in [1.29, 1.82) is 0 Å². The summed E-state index contributed by atoms with van der Waals surface area (Å²) in [5.74, 6) is -0.602. The second-order valence-corrected chi connectivity index (χ2v) is 15.7. The van der Waals surface area contributed by atoms with Crippen molar-refractivity contribution >= 4 is 68.1 Å². The van der Waals surface area contributed by atoms with Gasteiger partial charge in [0.05, 0.1) is 29.7 Å². The molecule has 8 rings (SSSR count). The fourth-order valence-electron chi connectivity index (χ4n) is 8.22. The highest BCUT2D eigenvalue weighted by atomic mass is 79.9. The highest BCUT2D eigenvalue weighted by Gasteiger charge is 2.69. The number of ether oxygens (including phenoxy) is 2. The quantitative estimate of drug-likeness (QED) is 0.217. The summed E-state index contributed by atoms with van der Waals surface area (Å²) >= 11 is 6.45. The predicted molar refractivity (Wildman–Crippen MR) is 183 cm³/mol. The largest absolute Gasteiger partial charge is 0.497 e. The fraction of sp³-hybridized carbons (Fsp3) is 0.314. The number of hydrogen-bond acceptors (Lipinski definition) is 8. The van der Waals surface area contributed by atoms with Crippen LogP contribution in [0.5, 0.6) is 11.5 Å². The number of methoxy groups -OCH3 is 1. The van der Waals surface area contributed by atoms with E-state index < -0.39 is 11.8 Å². The molecule has 4 aliphatic rings. The summed E-state index contributed by atoms with van der Waals surface area (Å²) in [4.78, 5) is 58.9. The third kappa shape index (κ3) is 5.03. The molecule has 2 N–H and O–H groups in total. The Bertz CT molecular complexity index is 1980. The summed E-state index contributed by atoms with van der Waals surface area (Å²) in [6, 6.07) is 20.3. The number of halogens is 1. The zero-order chi connectivity index (χ0) is 32.6. The summed E-state index contributed by atoms with van der Waals surface area (Å²) in [6.45, 7) is 1.78. The first-order valence-electron chi connectivity index (χ1n) is 15.4. The number of imide groups is 1. The first-order chi connectivity index (χ1) is 22.7. The monoisotopic (exact) mass is 731 g/mol. The molecule has 7 atom stereocenters. The van der Waals surface area contributed by atoms with Crippen molar-refractivity contribution in [2.45, 2.75) is 29.5 Å². The number of carbonyl (C=O) groups excluding carboxylic acids is 3. The van der Waals surface area contributed by atoms with Gasteiger partial charge in [0.2, 0.25) is 11.8 Å². The minimum Gasteiger partial charge on any atom is -0.497 e. The van der Waals surface area contributed by atoms with Gasteiger partial charge in [-0.25, -0.2) is 0 Å². The van der Waals surface area contributed by atoms with E-state index in [1.165, 1.54) is 16.2 Å². The van der Waals surface area contributed by atoms with Crippen molar-refractivity contribution in [1.82, 2.24) is 4.98 Å². The Morgan fingerprint density at radius 1 is 1.00 bits per heavy atom. The second-order valence-electron chi connectivity index (χ2n) is 12.6. The van der Waals surface area contributed by atoms with Crippen LogP contribution in [-0.4, -0.2) is 41.7 Å². The van der Waals surface area contributed by atoms with Crippen LogP contribution in [0.3, 0.4) is 0 Å². The van der Waals surface area contributed by atoms with Gasteiger partial charge in [0.15, 0.2) is 6.61 Å². The fourth-order valence-corrected chi connectivity index (χ4v) is 11.5. The number of nitrogens with one attached hydrogen (secondary N) is 2. The predicted octanol–water partition coefficient (Wildman–Crippen LogP) is 6.21. The minimum atomic E-state index is -0.437. The van der Waals surface area contributed by atoms with Crippen molar-refractivity contribution in [2.75, 3.05) is 23.9 Å². The number of thiazole rings is 1. The van der Waals surface area contributed by atoms with Crippen molar-refractivity contribution < 1.29 is 23.9 Å². The summed E-state index contributed by atoms with van der Waals surface area (Å²) < 4.78 is 12.3. The SMILES string of the molecule is COc1ccc(N2C(=O)[C@H]3[C@H]4C[C@@H]([C@@H]3C2=O)[C@@H]2[C@H](c3cc(Br)ccc3OCC(=O)Nc3ccc(C)cc3)c3sc(=O)[nH]c3S[C@H]42)cc1. The molecule has 3 fully saturated rings. The number of aryl methyl sites for hydroxylation is 1. The molecule has 240 valence electrons. The number of carbonyl (C=O) groups is 3. The number of amides is 3. The van der Waals surface area contributed by atoms with Gasteiger partial charge in [-0.2, -0.15) is 0 Å². The summed E-state index contributed by atoms with van der Waals surface area (Å²) in [7, 11) is 1.58. The van der Waals surface area contributed by atoms with Gasteiger partial charge in [0, 0.05) is 31.8 Å². The smallest absolute Gasteiger partial charge is 0.305 e. The van der Waals surface area contributed by atoms with Crippen LogP contribution < -0.4 is 24.6 Å². The third-order valence-electron chi connectivity index (χ3n) is 10.1. The molecule has 3 heterocycles. The lowest BCUT2D eigenvalue weighted by molar-refractivity contribution is -0.123. The minimum absolute atomic E-state index is 0.0178. The van der Waals surface area contributed by atoms with Crippen molar-refractivity contribution in [2.24, 2.45) is 29.6 Å². The average molecular weight is 733 g/mol. The van der Waals surface area contributed by atoms with Crippen molar-refractivity contribution in [3.63, 3.8) is 0 Å². The van der Waals surface area contributed by atoms with E-state index in [4.69, 9.17) is 9.47 Å². The molecule has 9 nitrogen and oxygen atoms in total. The Morgan fingerprint density at radius 3 is 2.45 bits per heavy atom. The van der Waals surface area contributed by atoms with Crippen LogP contribution in [0.15, 0.2) is 81.0 Å². The molecule has 2 aliphatic heterocycles. The molecular formula is C35H30BrN3O6S2. The van der Waals surface area contributed by atoms with Gasteiger partial charge in [0.1, 0.15) is 11.5 Å². The van der Waals surface area contributed by atoms with E-state index in [0.29, 0.717) is 22.9 Å². The Morgan fingerprint density at radius 2 is 1.72 bits per heavy atom. The maximum atomic E-state index is 14.1. The molecule has 2 aliphatic carbocycles. The van der Waals surface area contributed by atoms with Gasteiger partial charge in [-0.3, -0.25) is 24.1 Å². The molecule has 0 spiro atoms. The molecule has 0 unspecified atom stereocenters. The molecule has 4 aromatic rings. The normalized spacial score (nSPS) is 27.0. The number of thioether (sulfide) groups is 1.